The van der Waals surface area contributed by atoms with Crippen molar-refractivity contribution in [3.05, 3.63) is 52.8 Å². The summed E-state index contributed by atoms with van der Waals surface area (Å²) in [6, 6.07) is 6.89. The van der Waals surface area contributed by atoms with Gasteiger partial charge in [0.1, 0.15) is 5.69 Å². The van der Waals surface area contributed by atoms with Crippen molar-refractivity contribution in [2.75, 3.05) is 6.54 Å². The Labute approximate surface area is 121 Å². The van der Waals surface area contributed by atoms with Crippen molar-refractivity contribution in [2.45, 2.75) is 13.0 Å². The third-order valence-corrected chi connectivity index (χ3v) is 3.72. The predicted octanol–water partition coefficient (Wildman–Crippen LogP) is 1.32. The molecule has 0 atom stereocenters. The van der Waals surface area contributed by atoms with Crippen LogP contribution in [0.2, 0.25) is 0 Å². The molecule has 6 nitrogen and oxygen atoms in total. The molecule has 0 saturated heterocycles. The Balaban J connectivity index is 1.86. The second kappa shape index (κ2) is 5.05. The summed E-state index contributed by atoms with van der Waals surface area (Å²) in [6.45, 7) is 0.929. The van der Waals surface area contributed by atoms with Crippen molar-refractivity contribution >= 4 is 11.9 Å². The molecule has 0 spiro atoms. The lowest BCUT2D eigenvalue weighted by atomic mass is 9.94. The average molecular weight is 285 g/mol. The second-order valence-electron chi connectivity index (χ2n) is 5.10. The van der Waals surface area contributed by atoms with Gasteiger partial charge in [0.25, 0.3) is 5.91 Å². The van der Waals surface area contributed by atoms with Crippen molar-refractivity contribution in [1.29, 1.82) is 0 Å². The molecule has 0 saturated carbocycles. The number of hydrogen-bond donors (Lipinski definition) is 1. The van der Waals surface area contributed by atoms with Crippen molar-refractivity contribution in [2.24, 2.45) is 7.05 Å². The summed E-state index contributed by atoms with van der Waals surface area (Å²) >= 11 is 0. The Morgan fingerprint density at radius 1 is 1.29 bits per heavy atom. The van der Waals surface area contributed by atoms with Crippen LogP contribution in [0.3, 0.4) is 0 Å². The van der Waals surface area contributed by atoms with Crippen LogP contribution >= 0.6 is 0 Å². The van der Waals surface area contributed by atoms with Gasteiger partial charge in [0.05, 0.1) is 5.56 Å². The lowest BCUT2D eigenvalue weighted by Gasteiger charge is -2.29. The highest BCUT2D eigenvalue weighted by atomic mass is 16.4. The average Bonchev–Trinajstić information content (AvgIpc) is 2.91. The van der Waals surface area contributed by atoms with Crippen LogP contribution in [0, 0.1) is 0 Å². The van der Waals surface area contributed by atoms with Gasteiger partial charge in [-0.3, -0.25) is 9.48 Å². The fourth-order valence-corrected chi connectivity index (χ4v) is 2.67. The molecule has 1 aliphatic rings. The van der Waals surface area contributed by atoms with Crippen molar-refractivity contribution < 1.29 is 14.7 Å². The number of fused-ring (bicyclic) bond motifs is 1. The van der Waals surface area contributed by atoms with Gasteiger partial charge < -0.3 is 10.0 Å². The molecule has 1 amide bonds. The number of aromatic nitrogens is 2. The summed E-state index contributed by atoms with van der Waals surface area (Å²) in [5.74, 6) is -1.04. The summed E-state index contributed by atoms with van der Waals surface area (Å²) in [5, 5.41) is 13.3. The molecule has 1 aliphatic heterocycles. The normalized spacial score (nSPS) is 13.9. The van der Waals surface area contributed by atoms with E-state index in [9.17, 15) is 14.7 Å². The highest BCUT2D eigenvalue weighted by Crippen LogP contribution is 2.23. The first kappa shape index (κ1) is 13.4. The molecule has 108 valence electrons. The maximum Gasteiger partial charge on any atom is 0.335 e. The smallest absolute Gasteiger partial charge is 0.335 e. The van der Waals surface area contributed by atoms with Gasteiger partial charge in [-0.25, -0.2) is 4.79 Å². The molecule has 3 rings (SSSR count). The van der Waals surface area contributed by atoms with Gasteiger partial charge in [0, 0.05) is 26.3 Å². The van der Waals surface area contributed by atoms with E-state index in [4.69, 9.17) is 0 Å². The fraction of sp³-hybridized carbons (Fsp3) is 0.267. The third-order valence-electron chi connectivity index (χ3n) is 3.72. The van der Waals surface area contributed by atoms with Crippen LogP contribution in [-0.4, -0.2) is 38.2 Å². The highest BCUT2D eigenvalue weighted by molar-refractivity contribution is 5.93. The summed E-state index contributed by atoms with van der Waals surface area (Å²) in [5.41, 5.74) is 2.47. The predicted molar refractivity (Wildman–Crippen MR) is 75.1 cm³/mol. The lowest BCUT2D eigenvalue weighted by Crippen LogP contribution is -2.36. The van der Waals surface area contributed by atoms with Crippen molar-refractivity contribution in [3.8, 4) is 0 Å². The Hall–Kier alpha value is -2.63. The van der Waals surface area contributed by atoms with E-state index < -0.39 is 5.97 Å². The SMILES string of the molecule is Cn1ccc(C(=O)N2CCc3c(cccc3C(=O)O)C2)n1. The first-order valence-corrected chi connectivity index (χ1v) is 6.69. The highest BCUT2D eigenvalue weighted by Gasteiger charge is 2.25. The largest absolute Gasteiger partial charge is 0.478 e. The maximum atomic E-state index is 12.4. The van der Waals surface area contributed by atoms with Crippen LogP contribution in [0.25, 0.3) is 0 Å². The first-order chi connectivity index (χ1) is 10.1. The zero-order valence-electron chi connectivity index (χ0n) is 11.6. The maximum absolute atomic E-state index is 12.4. The van der Waals surface area contributed by atoms with Crippen LogP contribution in [0.4, 0.5) is 0 Å². The summed E-state index contributed by atoms with van der Waals surface area (Å²) in [6.07, 6.45) is 2.28. The molecule has 0 radical (unpaired) electrons. The first-order valence-electron chi connectivity index (χ1n) is 6.69. The number of carboxylic acid groups (broad SMARTS) is 1. The van der Waals surface area contributed by atoms with Crippen LogP contribution < -0.4 is 0 Å². The number of aromatic carboxylic acids is 1. The summed E-state index contributed by atoms with van der Waals surface area (Å²) < 4.78 is 1.59. The van der Waals surface area contributed by atoms with Crippen molar-refractivity contribution in [1.82, 2.24) is 14.7 Å². The molecule has 2 aromatic rings. The van der Waals surface area contributed by atoms with Gasteiger partial charge >= 0.3 is 5.97 Å². The van der Waals surface area contributed by atoms with E-state index in [-0.39, 0.29) is 5.91 Å². The molecule has 0 aliphatic carbocycles. The molecular formula is C15H15N3O3. The summed E-state index contributed by atoms with van der Waals surface area (Å²) in [4.78, 5) is 25.3. The molecule has 1 aromatic carbocycles. The topological polar surface area (TPSA) is 75.4 Å². The van der Waals surface area contributed by atoms with E-state index in [0.29, 0.717) is 30.8 Å². The van der Waals surface area contributed by atoms with Crippen LogP contribution in [0.5, 0.6) is 0 Å². The Morgan fingerprint density at radius 2 is 2.10 bits per heavy atom. The number of hydrogen-bond acceptors (Lipinski definition) is 3. The Morgan fingerprint density at radius 3 is 2.76 bits per heavy atom. The number of amides is 1. The Kier molecular flexibility index (Phi) is 3.21. The van der Waals surface area contributed by atoms with Gasteiger partial charge in [-0.15, -0.1) is 0 Å². The molecule has 0 bridgehead atoms. The molecule has 0 unspecified atom stereocenters. The number of aryl methyl sites for hydroxylation is 1. The van der Waals surface area contributed by atoms with E-state index in [1.807, 2.05) is 6.07 Å². The third kappa shape index (κ3) is 2.40. The number of carbonyl (C=O) groups excluding carboxylic acids is 1. The number of carboxylic acids is 1. The van der Waals surface area contributed by atoms with Crippen LogP contribution in [0.15, 0.2) is 30.5 Å². The molecule has 1 aromatic heterocycles. The second-order valence-corrected chi connectivity index (χ2v) is 5.10. The number of benzene rings is 1. The van der Waals surface area contributed by atoms with Gasteiger partial charge in [-0.1, -0.05) is 12.1 Å². The molecule has 0 fully saturated rings. The molecule has 2 heterocycles. The van der Waals surface area contributed by atoms with Gasteiger partial charge in [-0.2, -0.15) is 5.10 Å². The summed E-state index contributed by atoms with van der Waals surface area (Å²) in [7, 11) is 1.77. The van der Waals surface area contributed by atoms with Gasteiger partial charge in [0.2, 0.25) is 0 Å². The van der Waals surface area contributed by atoms with E-state index in [0.717, 1.165) is 11.1 Å². The lowest BCUT2D eigenvalue weighted by molar-refractivity contribution is 0.0694. The molecule has 21 heavy (non-hydrogen) atoms. The minimum absolute atomic E-state index is 0.123. The fourth-order valence-electron chi connectivity index (χ4n) is 2.67. The van der Waals surface area contributed by atoms with E-state index >= 15 is 0 Å². The van der Waals surface area contributed by atoms with Gasteiger partial charge in [0.15, 0.2) is 0 Å². The number of carbonyl (C=O) groups is 2. The van der Waals surface area contributed by atoms with Crippen molar-refractivity contribution in [3.63, 3.8) is 0 Å². The molecular weight excluding hydrogens is 270 g/mol. The minimum Gasteiger partial charge on any atom is -0.478 e. The standard InChI is InChI=1S/C15H15N3O3/c1-17-7-6-13(16-17)14(19)18-8-5-11-10(9-18)3-2-4-12(11)15(20)21/h2-4,6-7H,5,8-9H2,1H3,(H,20,21). The van der Waals surface area contributed by atoms with E-state index in [1.165, 1.54) is 0 Å². The van der Waals surface area contributed by atoms with E-state index in [1.54, 1.807) is 41.0 Å². The van der Waals surface area contributed by atoms with Crippen LogP contribution in [-0.2, 0) is 20.0 Å². The minimum atomic E-state index is -0.920. The number of nitrogens with zero attached hydrogens (tertiary/aromatic N) is 3. The zero-order chi connectivity index (χ0) is 15.0. The molecule has 1 N–H and O–H groups in total. The van der Waals surface area contributed by atoms with E-state index in [2.05, 4.69) is 5.10 Å². The Bertz CT molecular complexity index is 721. The molecule has 6 heteroatoms. The zero-order valence-corrected chi connectivity index (χ0v) is 11.6. The van der Waals surface area contributed by atoms with Crippen LogP contribution in [0.1, 0.15) is 32.0 Å². The number of rotatable bonds is 2. The monoisotopic (exact) mass is 285 g/mol. The van der Waals surface area contributed by atoms with Gasteiger partial charge in [-0.05, 0) is 29.7 Å². The quantitative estimate of drug-likeness (QED) is 0.903.